The van der Waals surface area contributed by atoms with Crippen LogP contribution in [0.15, 0.2) is 82.3 Å². The number of thiocarbonyl (C=S) groups is 1. The molecule has 1 aliphatic rings. The molecule has 1 aromatic heterocycles. The minimum atomic E-state index is -1.93. The van der Waals surface area contributed by atoms with Gasteiger partial charge in [0.15, 0.2) is 0 Å². The summed E-state index contributed by atoms with van der Waals surface area (Å²) in [7, 11) is 0. The molecule has 1 saturated heterocycles. The highest BCUT2D eigenvalue weighted by atomic mass is 35.6. The number of amides is 2. The fourth-order valence-electron chi connectivity index (χ4n) is 3.09. The quantitative estimate of drug-likeness (QED) is 0.159. The number of nitrogens with zero attached hydrogens (tertiary/aromatic N) is 1. The monoisotopic (exact) mass is 566 g/mol. The van der Waals surface area contributed by atoms with Crippen LogP contribution in [0.4, 0.5) is 0 Å². The van der Waals surface area contributed by atoms with Gasteiger partial charge >= 0.3 is 0 Å². The first-order chi connectivity index (χ1) is 16.7. The molecule has 6 nitrogen and oxygen atoms in total. The van der Waals surface area contributed by atoms with Crippen LogP contribution < -0.4 is 10.1 Å². The third-order valence-corrected chi connectivity index (χ3v) is 6.77. The molecule has 2 aromatic carbocycles. The molecule has 2 amide bonds. The first-order valence-electron chi connectivity index (χ1n) is 10.2. The van der Waals surface area contributed by atoms with Crippen molar-refractivity contribution in [1.29, 1.82) is 0 Å². The Morgan fingerprint density at radius 3 is 2.46 bits per heavy atom. The first kappa shape index (κ1) is 25.6. The third-order valence-electron chi connectivity index (χ3n) is 4.79. The van der Waals surface area contributed by atoms with Crippen molar-refractivity contribution in [1.82, 2.24) is 10.2 Å². The molecule has 35 heavy (non-hydrogen) atoms. The lowest BCUT2D eigenvalue weighted by atomic mass is 10.2. The largest absolute Gasteiger partial charge is 0.467 e. The summed E-state index contributed by atoms with van der Waals surface area (Å²) in [5.74, 6) is 0.357. The molecule has 1 fully saturated rings. The predicted molar refractivity (Wildman–Crippen MR) is 142 cm³/mol. The topological polar surface area (TPSA) is 71.8 Å². The van der Waals surface area contributed by atoms with E-state index in [0.29, 0.717) is 26.3 Å². The molecule has 0 radical (unpaired) electrons. The van der Waals surface area contributed by atoms with E-state index in [1.807, 2.05) is 0 Å². The summed E-state index contributed by atoms with van der Waals surface area (Å²) in [6.45, 7) is 0.273. The van der Waals surface area contributed by atoms with E-state index in [2.05, 4.69) is 5.32 Å². The van der Waals surface area contributed by atoms with Gasteiger partial charge in [0.2, 0.25) is 10.0 Å². The van der Waals surface area contributed by atoms with Crippen molar-refractivity contribution in [3.63, 3.8) is 0 Å². The Morgan fingerprint density at radius 2 is 1.83 bits per heavy atom. The van der Waals surface area contributed by atoms with E-state index in [4.69, 9.17) is 56.2 Å². The number of thioether (sulfide) groups is 1. The average Bonchev–Trinajstić information content (AvgIpc) is 3.44. The van der Waals surface area contributed by atoms with Crippen molar-refractivity contribution in [2.75, 3.05) is 0 Å². The molecule has 0 saturated carbocycles. The number of alkyl halides is 3. The van der Waals surface area contributed by atoms with E-state index >= 15 is 0 Å². The summed E-state index contributed by atoms with van der Waals surface area (Å²) in [4.78, 5) is 27.3. The molecule has 3 aromatic rings. The van der Waals surface area contributed by atoms with Gasteiger partial charge in [-0.15, -0.1) is 0 Å². The zero-order valence-electron chi connectivity index (χ0n) is 17.8. The van der Waals surface area contributed by atoms with Crippen molar-refractivity contribution in [3.05, 3.63) is 94.8 Å². The molecule has 0 spiro atoms. The standard InChI is InChI=1S/C24H17Cl3N2O4S2/c25-24(26,27)22(28-20(30)16-5-2-1-3-6-16)33-17-10-8-15(9-11-17)13-19-21(31)29(23(34)35-19)14-18-7-4-12-32-18/h1-13,22H,14H2,(H,28,30). The highest BCUT2D eigenvalue weighted by Gasteiger charge is 2.36. The summed E-state index contributed by atoms with van der Waals surface area (Å²) in [6, 6.07) is 18.8. The molecule has 11 heteroatoms. The molecule has 180 valence electrons. The number of hydrogen-bond donors (Lipinski definition) is 1. The fraction of sp³-hybridized carbons (Fsp3) is 0.125. The molecule has 4 rings (SSSR count). The van der Waals surface area contributed by atoms with Gasteiger partial charge in [0.25, 0.3) is 11.8 Å². The maximum atomic E-state index is 12.8. The van der Waals surface area contributed by atoms with Crippen LogP contribution in [0.25, 0.3) is 6.08 Å². The van der Waals surface area contributed by atoms with Crippen molar-refractivity contribution in [2.45, 2.75) is 16.6 Å². The zero-order chi connectivity index (χ0) is 25.0. The van der Waals surface area contributed by atoms with Crippen LogP contribution in [-0.4, -0.2) is 31.1 Å². The molecule has 2 heterocycles. The lowest BCUT2D eigenvalue weighted by Crippen LogP contribution is -2.47. The van der Waals surface area contributed by atoms with Crippen molar-refractivity contribution in [3.8, 4) is 5.75 Å². The van der Waals surface area contributed by atoms with Gasteiger partial charge in [-0.05, 0) is 48.0 Å². The van der Waals surface area contributed by atoms with Gasteiger partial charge in [-0.2, -0.15) is 0 Å². The van der Waals surface area contributed by atoms with Gasteiger partial charge in [-0.25, -0.2) is 0 Å². The number of rotatable bonds is 7. The lowest BCUT2D eigenvalue weighted by Gasteiger charge is -2.26. The van der Waals surface area contributed by atoms with E-state index in [1.54, 1.807) is 79.1 Å². The third kappa shape index (κ3) is 6.59. The SMILES string of the molecule is O=C(NC(Oc1ccc(C=C2SC(=S)N(Cc3ccco3)C2=O)cc1)C(Cl)(Cl)Cl)c1ccccc1. The lowest BCUT2D eigenvalue weighted by molar-refractivity contribution is -0.122. The van der Waals surface area contributed by atoms with Crippen LogP contribution in [0, 0.1) is 0 Å². The number of benzene rings is 2. The van der Waals surface area contributed by atoms with E-state index in [9.17, 15) is 9.59 Å². The van der Waals surface area contributed by atoms with Gasteiger partial charge in [0.1, 0.15) is 15.8 Å². The van der Waals surface area contributed by atoms with Crippen LogP contribution in [0.3, 0.4) is 0 Å². The Morgan fingerprint density at radius 1 is 1.11 bits per heavy atom. The van der Waals surface area contributed by atoms with Gasteiger partial charge in [-0.3, -0.25) is 14.5 Å². The van der Waals surface area contributed by atoms with Crippen molar-refractivity contribution >= 4 is 81.0 Å². The number of nitrogens with one attached hydrogen (secondary N) is 1. The van der Waals surface area contributed by atoms with Crippen LogP contribution in [0.2, 0.25) is 0 Å². The van der Waals surface area contributed by atoms with Gasteiger partial charge in [-0.1, -0.05) is 89.1 Å². The molecule has 0 aliphatic carbocycles. The second-order valence-corrected chi connectivity index (χ2v) is 11.3. The predicted octanol–water partition coefficient (Wildman–Crippen LogP) is 6.19. The Bertz CT molecular complexity index is 1240. The summed E-state index contributed by atoms with van der Waals surface area (Å²) in [5, 5.41) is 2.58. The highest BCUT2D eigenvalue weighted by Crippen LogP contribution is 2.35. The second kappa shape index (κ2) is 11.1. The molecule has 1 atom stereocenters. The number of furan rings is 1. The smallest absolute Gasteiger partial charge is 0.266 e. The summed E-state index contributed by atoms with van der Waals surface area (Å²) < 4.78 is 9.59. The van der Waals surface area contributed by atoms with Crippen LogP contribution in [0.1, 0.15) is 21.7 Å². The summed E-state index contributed by atoms with van der Waals surface area (Å²) >= 11 is 24.7. The molecule has 0 bridgehead atoms. The highest BCUT2D eigenvalue weighted by molar-refractivity contribution is 8.26. The number of carbonyl (C=O) groups excluding carboxylic acids is 2. The van der Waals surface area contributed by atoms with E-state index in [0.717, 1.165) is 5.56 Å². The Hall–Kier alpha value is -2.49. The zero-order valence-corrected chi connectivity index (χ0v) is 21.7. The van der Waals surface area contributed by atoms with Crippen molar-refractivity contribution in [2.24, 2.45) is 0 Å². The molecular formula is C24H17Cl3N2O4S2. The average molecular weight is 568 g/mol. The normalized spacial score (nSPS) is 16.0. The van der Waals surface area contributed by atoms with E-state index in [1.165, 1.54) is 16.7 Å². The Labute approximate surface area is 226 Å². The van der Waals surface area contributed by atoms with Gasteiger partial charge in [0, 0.05) is 5.56 Å². The fourth-order valence-corrected chi connectivity index (χ4v) is 4.65. The Balaban J connectivity index is 1.44. The van der Waals surface area contributed by atoms with E-state index in [-0.39, 0.29) is 12.5 Å². The Kier molecular flexibility index (Phi) is 8.09. The minimum Gasteiger partial charge on any atom is -0.467 e. The first-order valence-corrected chi connectivity index (χ1v) is 12.5. The molecule has 1 aliphatic heterocycles. The molecule has 1 unspecified atom stereocenters. The van der Waals surface area contributed by atoms with E-state index < -0.39 is 15.9 Å². The van der Waals surface area contributed by atoms with Gasteiger partial charge in [0.05, 0.1) is 17.7 Å². The second-order valence-electron chi connectivity index (χ2n) is 7.30. The number of ether oxygens (including phenoxy) is 1. The molecular weight excluding hydrogens is 551 g/mol. The van der Waals surface area contributed by atoms with Crippen LogP contribution in [-0.2, 0) is 11.3 Å². The summed E-state index contributed by atoms with van der Waals surface area (Å²) in [6.07, 6.45) is 2.03. The summed E-state index contributed by atoms with van der Waals surface area (Å²) in [5.41, 5.74) is 1.14. The van der Waals surface area contributed by atoms with Crippen LogP contribution in [0.5, 0.6) is 5.75 Å². The molecule has 1 N–H and O–H groups in total. The minimum absolute atomic E-state index is 0.198. The number of carbonyl (C=O) groups is 2. The maximum absolute atomic E-state index is 12.8. The van der Waals surface area contributed by atoms with Crippen LogP contribution >= 0.6 is 58.8 Å². The maximum Gasteiger partial charge on any atom is 0.266 e. The number of hydrogen-bond acceptors (Lipinski definition) is 6. The number of halogens is 3. The van der Waals surface area contributed by atoms with Crippen molar-refractivity contribution < 1.29 is 18.7 Å². The van der Waals surface area contributed by atoms with Gasteiger partial charge < -0.3 is 14.5 Å².